The van der Waals surface area contributed by atoms with E-state index in [1.807, 2.05) is 6.92 Å². The van der Waals surface area contributed by atoms with E-state index in [-0.39, 0.29) is 6.04 Å². The number of nitriles is 1. The molecule has 0 amide bonds. The molecule has 0 radical (unpaired) electrons. The first-order valence-electron chi connectivity index (χ1n) is 4.39. The number of nitrogens with one attached hydrogen (secondary N) is 1. The Morgan fingerprint density at radius 2 is 1.87 bits per heavy atom. The first kappa shape index (κ1) is 12.4. The third-order valence-corrected chi connectivity index (χ3v) is 2.94. The smallest absolute Gasteiger partial charge is 0.114 e. The molecule has 1 aromatic carbocycles. The second-order valence-electron chi connectivity index (χ2n) is 2.98. The summed E-state index contributed by atoms with van der Waals surface area (Å²) in [5, 5.41) is 13.0. The quantitative estimate of drug-likeness (QED) is 0.822. The Morgan fingerprint density at radius 1 is 1.27 bits per heavy atom. The molecule has 1 unspecified atom stereocenters. The zero-order valence-electron chi connectivity index (χ0n) is 8.02. The number of hydrogen-bond donors (Lipinski definition) is 1. The summed E-state index contributed by atoms with van der Waals surface area (Å²) in [6, 6.07) is 5.01. The van der Waals surface area contributed by atoms with Crippen LogP contribution < -0.4 is 5.32 Å². The second-order valence-corrected chi connectivity index (χ2v) is 4.20. The monoisotopic (exact) mass is 262 g/mol. The first-order chi connectivity index (χ1) is 7.08. The van der Waals surface area contributed by atoms with Crippen LogP contribution in [0, 0.1) is 11.3 Å². The lowest BCUT2D eigenvalue weighted by atomic mass is 10.2. The van der Waals surface area contributed by atoms with Gasteiger partial charge in [-0.15, -0.1) is 0 Å². The fourth-order valence-corrected chi connectivity index (χ4v) is 1.65. The summed E-state index contributed by atoms with van der Waals surface area (Å²) in [6.07, 6.45) is 0.688. The molecule has 80 valence electrons. The van der Waals surface area contributed by atoms with Gasteiger partial charge in [-0.25, -0.2) is 0 Å². The highest BCUT2D eigenvalue weighted by Gasteiger charge is 2.09. The molecule has 0 bridgehead atoms. The van der Waals surface area contributed by atoms with Crippen LogP contribution in [0.4, 0.5) is 5.69 Å². The van der Waals surface area contributed by atoms with E-state index in [0.717, 1.165) is 0 Å². The molecule has 15 heavy (non-hydrogen) atoms. The summed E-state index contributed by atoms with van der Waals surface area (Å²) in [6.45, 7) is 1.91. The highest BCUT2D eigenvalue weighted by atomic mass is 35.5. The summed E-state index contributed by atoms with van der Waals surface area (Å²) in [5.74, 6) is 0. The topological polar surface area (TPSA) is 35.8 Å². The highest BCUT2D eigenvalue weighted by molar-refractivity contribution is 6.44. The van der Waals surface area contributed by atoms with Gasteiger partial charge in [-0.05, 0) is 18.6 Å². The number of anilines is 1. The third-order valence-electron chi connectivity index (χ3n) is 1.90. The van der Waals surface area contributed by atoms with Crippen molar-refractivity contribution in [3.8, 4) is 6.07 Å². The predicted molar refractivity (Wildman–Crippen MR) is 64.8 cm³/mol. The predicted octanol–water partition coefficient (Wildman–Crippen LogP) is 4.36. The largest absolute Gasteiger partial charge is 0.369 e. The Hall–Kier alpha value is -0.620. The number of rotatable bonds is 3. The van der Waals surface area contributed by atoms with E-state index in [9.17, 15) is 0 Å². The molecule has 5 heteroatoms. The average Bonchev–Trinajstić information content (AvgIpc) is 2.21. The molecule has 0 aliphatic rings. The highest BCUT2D eigenvalue weighted by Crippen LogP contribution is 2.32. The van der Waals surface area contributed by atoms with Crippen molar-refractivity contribution in [1.29, 1.82) is 5.26 Å². The second kappa shape index (κ2) is 5.46. The molecule has 0 spiro atoms. The van der Waals surface area contributed by atoms with Crippen molar-refractivity contribution in [3.05, 3.63) is 27.2 Å². The van der Waals surface area contributed by atoms with E-state index >= 15 is 0 Å². The molecule has 0 saturated carbocycles. The number of halogens is 3. The van der Waals surface area contributed by atoms with Crippen LogP contribution in [-0.4, -0.2) is 6.04 Å². The minimum Gasteiger partial charge on any atom is -0.369 e. The SMILES string of the molecule is CCC(C#N)Nc1cc(Cl)c(Cl)cc1Cl. The number of benzene rings is 1. The Bertz CT molecular complexity index is 398. The van der Waals surface area contributed by atoms with Crippen molar-refractivity contribution >= 4 is 40.5 Å². The van der Waals surface area contributed by atoms with Crippen molar-refractivity contribution in [1.82, 2.24) is 0 Å². The fourth-order valence-electron chi connectivity index (χ4n) is 1.05. The van der Waals surface area contributed by atoms with Gasteiger partial charge in [0.15, 0.2) is 0 Å². The molecule has 0 aliphatic carbocycles. The zero-order chi connectivity index (χ0) is 11.4. The lowest BCUT2D eigenvalue weighted by Gasteiger charge is -2.12. The average molecular weight is 264 g/mol. The summed E-state index contributed by atoms with van der Waals surface area (Å²) in [7, 11) is 0. The third kappa shape index (κ3) is 3.17. The number of nitrogens with zero attached hydrogens (tertiary/aromatic N) is 1. The van der Waals surface area contributed by atoms with Crippen molar-refractivity contribution < 1.29 is 0 Å². The Morgan fingerprint density at radius 3 is 2.40 bits per heavy atom. The van der Waals surface area contributed by atoms with E-state index in [1.165, 1.54) is 0 Å². The van der Waals surface area contributed by atoms with Gasteiger partial charge in [0.25, 0.3) is 0 Å². The molecule has 0 aliphatic heterocycles. The summed E-state index contributed by atoms with van der Waals surface area (Å²) in [4.78, 5) is 0. The van der Waals surface area contributed by atoms with E-state index < -0.39 is 0 Å². The maximum Gasteiger partial charge on any atom is 0.114 e. The van der Waals surface area contributed by atoms with Crippen LogP contribution in [0.3, 0.4) is 0 Å². The van der Waals surface area contributed by atoms with Gasteiger partial charge >= 0.3 is 0 Å². The minimum absolute atomic E-state index is 0.278. The van der Waals surface area contributed by atoms with E-state index in [1.54, 1.807) is 12.1 Å². The molecule has 1 atom stereocenters. The van der Waals surface area contributed by atoms with Crippen molar-refractivity contribution in [2.45, 2.75) is 19.4 Å². The van der Waals surface area contributed by atoms with Crippen molar-refractivity contribution in [2.75, 3.05) is 5.32 Å². The molecule has 2 nitrogen and oxygen atoms in total. The summed E-state index contributed by atoms with van der Waals surface area (Å²) < 4.78 is 0. The van der Waals surface area contributed by atoms with Crippen LogP contribution in [0.2, 0.25) is 15.1 Å². The lowest BCUT2D eigenvalue weighted by Crippen LogP contribution is -2.15. The first-order valence-corrected chi connectivity index (χ1v) is 5.52. The van der Waals surface area contributed by atoms with Crippen LogP contribution in [0.5, 0.6) is 0 Å². The molecule has 1 rings (SSSR count). The van der Waals surface area contributed by atoms with Crippen LogP contribution >= 0.6 is 34.8 Å². The van der Waals surface area contributed by atoms with Crippen LogP contribution in [0.1, 0.15) is 13.3 Å². The standard InChI is InChI=1S/C10H9Cl3N2/c1-2-6(5-14)15-10-4-8(12)7(11)3-9(10)13/h3-4,6,15H,2H2,1H3. The van der Waals surface area contributed by atoms with Gasteiger partial charge in [0.05, 0.1) is 26.8 Å². The molecular formula is C10H9Cl3N2. The van der Waals surface area contributed by atoms with Crippen LogP contribution in [0.15, 0.2) is 12.1 Å². The van der Waals surface area contributed by atoms with Gasteiger partial charge in [0.1, 0.15) is 6.04 Å². The molecule has 0 heterocycles. The minimum atomic E-state index is -0.278. The molecule has 1 N–H and O–H groups in total. The molecule has 1 aromatic rings. The summed E-state index contributed by atoms with van der Waals surface area (Å²) >= 11 is 17.6. The van der Waals surface area contributed by atoms with Crippen LogP contribution in [-0.2, 0) is 0 Å². The van der Waals surface area contributed by atoms with E-state index in [2.05, 4.69) is 11.4 Å². The van der Waals surface area contributed by atoms with Crippen molar-refractivity contribution in [2.24, 2.45) is 0 Å². The Kier molecular flexibility index (Phi) is 4.53. The van der Waals surface area contributed by atoms with E-state index in [0.29, 0.717) is 27.2 Å². The normalized spacial score (nSPS) is 11.9. The maximum absolute atomic E-state index is 8.79. The zero-order valence-corrected chi connectivity index (χ0v) is 10.3. The maximum atomic E-state index is 8.79. The molecular weight excluding hydrogens is 254 g/mol. The van der Waals surface area contributed by atoms with Gasteiger partial charge in [-0.2, -0.15) is 5.26 Å². The van der Waals surface area contributed by atoms with Crippen LogP contribution in [0.25, 0.3) is 0 Å². The summed E-state index contributed by atoms with van der Waals surface area (Å²) in [5.41, 5.74) is 0.625. The molecule has 0 aromatic heterocycles. The molecule has 0 saturated heterocycles. The Balaban J connectivity index is 2.96. The fraction of sp³-hybridized carbons (Fsp3) is 0.300. The van der Waals surface area contributed by atoms with Gasteiger partial charge in [0.2, 0.25) is 0 Å². The lowest BCUT2D eigenvalue weighted by molar-refractivity contribution is 0.845. The van der Waals surface area contributed by atoms with Gasteiger partial charge in [-0.3, -0.25) is 0 Å². The Labute approximate surface area is 104 Å². The number of hydrogen-bond acceptors (Lipinski definition) is 2. The van der Waals surface area contributed by atoms with Gasteiger partial charge < -0.3 is 5.32 Å². The van der Waals surface area contributed by atoms with E-state index in [4.69, 9.17) is 40.1 Å². The van der Waals surface area contributed by atoms with Crippen molar-refractivity contribution in [3.63, 3.8) is 0 Å². The molecule has 0 fully saturated rings. The van der Waals surface area contributed by atoms with Gasteiger partial charge in [-0.1, -0.05) is 41.7 Å². The van der Waals surface area contributed by atoms with Gasteiger partial charge in [0, 0.05) is 0 Å².